The minimum absolute atomic E-state index is 0.0189. The number of benzene rings is 3. The van der Waals surface area contributed by atoms with Crippen LogP contribution in [0.25, 0.3) is 10.9 Å². The van der Waals surface area contributed by atoms with Gasteiger partial charge in [0.1, 0.15) is 12.4 Å². The number of hydrogen-bond donors (Lipinski definition) is 0. The third-order valence-corrected chi connectivity index (χ3v) is 7.25. The maximum Gasteiger partial charge on any atom is 0.313 e. The summed E-state index contributed by atoms with van der Waals surface area (Å²) in [5.41, 5.74) is 0.912. The van der Waals surface area contributed by atoms with Crippen molar-refractivity contribution >= 4 is 82.2 Å². The van der Waals surface area contributed by atoms with Gasteiger partial charge in [0.2, 0.25) is 5.75 Å². The molecular weight excluding hydrogens is 695 g/mol. The lowest BCUT2D eigenvalue weighted by Gasteiger charge is -2.12. The fourth-order valence-electron chi connectivity index (χ4n) is 3.60. The second-order valence-corrected chi connectivity index (χ2v) is 11.0. The molecule has 12 heteroatoms. The number of aryl methyl sites for hydroxylation is 1. The van der Waals surface area contributed by atoms with Crippen LogP contribution in [0.3, 0.4) is 0 Å². The summed E-state index contributed by atoms with van der Waals surface area (Å²) < 4.78 is 9.52. The number of nitro benzene ring substituents is 1. The highest BCUT2D eigenvalue weighted by Gasteiger charge is 2.21. The van der Waals surface area contributed by atoms with Gasteiger partial charge in [-0.15, -0.1) is 0 Å². The first-order valence-electron chi connectivity index (χ1n) is 11.0. The van der Waals surface area contributed by atoms with Crippen LogP contribution in [0.1, 0.15) is 30.3 Å². The molecule has 0 radical (unpaired) electrons. The van der Waals surface area contributed by atoms with E-state index in [4.69, 9.17) is 16.3 Å². The highest BCUT2D eigenvalue weighted by molar-refractivity contribution is 9.11. The van der Waals surface area contributed by atoms with Gasteiger partial charge in [0.05, 0.1) is 22.0 Å². The number of hydrogen-bond acceptors (Lipinski definition) is 6. The van der Waals surface area contributed by atoms with Crippen LogP contribution in [0.15, 0.2) is 71.8 Å². The maximum atomic E-state index is 13.3. The molecule has 0 saturated heterocycles. The second kappa shape index (κ2) is 11.8. The highest BCUT2D eigenvalue weighted by Crippen LogP contribution is 2.35. The van der Waals surface area contributed by atoms with Crippen molar-refractivity contribution in [2.45, 2.75) is 26.4 Å². The Morgan fingerprint density at radius 3 is 2.57 bits per heavy atom. The molecule has 0 saturated carbocycles. The number of halogens is 4. The van der Waals surface area contributed by atoms with Crippen LogP contribution in [0, 0.1) is 10.1 Å². The number of aromatic nitrogens is 2. The van der Waals surface area contributed by atoms with Gasteiger partial charge in [-0.25, -0.2) is 4.98 Å². The van der Waals surface area contributed by atoms with E-state index in [9.17, 15) is 14.9 Å². The standard InChI is InChI=1S/C25H18Br3ClN4O4/c1-2-3-23-31-21-7-6-16(26)9-19(21)25(34)32(23)30-12-15-8-18(29)11-22(33(35)36)24(15)37-13-14-4-5-17(27)10-20(14)28/h4-12H,2-3,13H2,1H3. The lowest BCUT2D eigenvalue weighted by Crippen LogP contribution is -2.22. The van der Waals surface area contributed by atoms with E-state index in [1.807, 2.05) is 31.2 Å². The Morgan fingerprint density at radius 2 is 1.86 bits per heavy atom. The summed E-state index contributed by atoms with van der Waals surface area (Å²) in [5, 5.41) is 16.7. The molecule has 8 nitrogen and oxygen atoms in total. The third kappa shape index (κ3) is 6.28. The van der Waals surface area contributed by atoms with E-state index >= 15 is 0 Å². The van der Waals surface area contributed by atoms with Crippen molar-refractivity contribution in [3.8, 4) is 5.75 Å². The van der Waals surface area contributed by atoms with Gasteiger partial charge < -0.3 is 4.74 Å². The molecule has 0 spiro atoms. The maximum absolute atomic E-state index is 13.3. The van der Waals surface area contributed by atoms with E-state index in [2.05, 4.69) is 57.9 Å². The molecule has 4 rings (SSSR count). The van der Waals surface area contributed by atoms with Gasteiger partial charge in [0, 0.05) is 42.1 Å². The van der Waals surface area contributed by atoms with Gasteiger partial charge in [-0.05, 0) is 42.8 Å². The SMILES string of the molecule is CCCc1nc2ccc(Br)cc2c(=O)n1N=Cc1cc(Cl)cc([N+](=O)[O-])c1OCc1ccc(Br)cc1Br. The van der Waals surface area contributed by atoms with Gasteiger partial charge in [-0.2, -0.15) is 9.78 Å². The molecule has 1 aromatic heterocycles. The van der Waals surface area contributed by atoms with Gasteiger partial charge >= 0.3 is 5.69 Å². The number of ether oxygens (including phenoxy) is 1. The van der Waals surface area contributed by atoms with Gasteiger partial charge in [-0.3, -0.25) is 14.9 Å². The second-order valence-electron chi connectivity index (χ2n) is 7.93. The van der Waals surface area contributed by atoms with Gasteiger partial charge in [-0.1, -0.05) is 72.4 Å². The average molecular weight is 714 g/mol. The Balaban J connectivity index is 1.81. The molecule has 4 aromatic rings. The first-order valence-corrected chi connectivity index (χ1v) is 13.7. The number of rotatable bonds is 8. The number of nitrogens with zero attached hydrogens (tertiary/aromatic N) is 4. The smallest absolute Gasteiger partial charge is 0.313 e. The summed E-state index contributed by atoms with van der Waals surface area (Å²) in [4.78, 5) is 29.2. The van der Waals surface area contributed by atoms with E-state index in [-0.39, 0.29) is 34.2 Å². The molecule has 190 valence electrons. The lowest BCUT2D eigenvalue weighted by atomic mass is 10.2. The largest absolute Gasteiger partial charge is 0.481 e. The van der Waals surface area contributed by atoms with Crippen LogP contribution in [0.4, 0.5) is 5.69 Å². The van der Waals surface area contributed by atoms with E-state index < -0.39 is 4.92 Å². The molecule has 0 fully saturated rings. The van der Waals surface area contributed by atoms with Crippen molar-refractivity contribution in [2.24, 2.45) is 5.10 Å². The summed E-state index contributed by atoms with van der Waals surface area (Å²) in [5.74, 6) is 0.450. The molecular formula is C25H18Br3ClN4O4. The first-order chi connectivity index (χ1) is 17.7. The molecule has 37 heavy (non-hydrogen) atoms. The Morgan fingerprint density at radius 1 is 1.14 bits per heavy atom. The predicted molar refractivity (Wildman–Crippen MR) is 155 cm³/mol. The summed E-state index contributed by atoms with van der Waals surface area (Å²) in [6.45, 7) is 2.02. The highest BCUT2D eigenvalue weighted by atomic mass is 79.9. The van der Waals surface area contributed by atoms with Crippen molar-refractivity contribution < 1.29 is 9.66 Å². The summed E-state index contributed by atoms with van der Waals surface area (Å²) in [6, 6.07) is 13.5. The normalized spacial score (nSPS) is 11.4. The zero-order valence-electron chi connectivity index (χ0n) is 19.3. The van der Waals surface area contributed by atoms with Gasteiger partial charge in [0.25, 0.3) is 5.56 Å². The van der Waals surface area contributed by atoms with Crippen molar-refractivity contribution in [3.05, 3.63) is 104 Å². The Bertz CT molecular complexity index is 1610. The zero-order chi connectivity index (χ0) is 26.7. The fraction of sp³-hybridized carbons (Fsp3) is 0.160. The molecule has 3 aromatic carbocycles. The molecule has 0 aliphatic carbocycles. The molecule has 0 amide bonds. The molecule has 0 bridgehead atoms. The van der Waals surface area contributed by atoms with Crippen molar-refractivity contribution in [3.63, 3.8) is 0 Å². The molecule has 0 unspecified atom stereocenters. The lowest BCUT2D eigenvalue weighted by molar-refractivity contribution is -0.385. The average Bonchev–Trinajstić information content (AvgIpc) is 2.84. The number of nitro groups is 1. The summed E-state index contributed by atoms with van der Waals surface area (Å²) in [6.07, 6.45) is 2.58. The zero-order valence-corrected chi connectivity index (χ0v) is 24.8. The van der Waals surface area contributed by atoms with E-state index in [0.29, 0.717) is 23.1 Å². The predicted octanol–water partition coefficient (Wildman–Crippen LogP) is 7.66. The minimum atomic E-state index is -0.570. The summed E-state index contributed by atoms with van der Waals surface area (Å²) >= 11 is 16.5. The van der Waals surface area contributed by atoms with Gasteiger partial charge in [0.15, 0.2) is 0 Å². The Kier molecular flexibility index (Phi) is 8.79. The van der Waals surface area contributed by atoms with Crippen LogP contribution in [-0.4, -0.2) is 20.8 Å². The van der Waals surface area contributed by atoms with Crippen LogP contribution >= 0.6 is 59.4 Å². The Labute approximate surface area is 241 Å². The minimum Gasteiger partial charge on any atom is -0.481 e. The topological polar surface area (TPSA) is 99.6 Å². The van der Waals surface area contributed by atoms with E-state index in [1.165, 1.54) is 23.0 Å². The van der Waals surface area contributed by atoms with E-state index in [0.717, 1.165) is 25.4 Å². The van der Waals surface area contributed by atoms with Crippen LogP contribution in [-0.2, 0) is 13.0 Å². The first kappa shape index (κ1) is 27.4. The summed E-state index contributed by atoms with van der Waals surface area (Å²) in [7, 11) is 0. The molecule has 0 atom stereocenters. The molecule has 0 N–H and O–H groups in total. The van der Waals surface area contributed by atoms with Crippen molar-refractivity contribution in [1.29, 1.82) is 0 Å². The van der Waals surface area contributed by atoms with E-state index in [1.54, 1.807) is 12.1 Å². The van der Waals surface area contributed by atoms with Crippen molar-refractivity contribution in [1.82, 2.24) is 9.66 Å². The third-order valence-electron chi connectivity index (χ3n) is 5.31. The fourth-order valence-corrected chi connectivity index (χ4v) is 5.34. The van der Waals surface area contributed by atoms with Crippen LogP contribution in [0.5, 0.6) is 5.75 Å². The Hall–Kier alpha value is -2.60. The molecule has 0 aliphatic rings. The quantitative estimate of drug-likeness (QED) is 0.106. The van der Waals surface area contributed by atoms with Crippen molar-refractivity contribution in [2.75, 3.05) is 0 Å². The monoisotopic (exact) mass is 710 g/mol. The number of fused-ring (bicyclic) bond motifs is 1. The molecule has 0 aliphatic heterocycles. The van der Waals surface area contributed by atoms with Crippen LogP contribution in [0.2, 0.25) is 5.02 Å². The molecule has 1 heterocycles. The van der Waals surface area contributed by atoms with Crippen LogP contribution < -0.4 is 10.3 Å².